The lowest BCUT2D eigenvalue weighted by atomic mass is 10.0. The van der Waals surface area contributed by atoms with E-state index in [9.17, 15) is 9.59 Å². The molecule has 31 heavy (non-hydrogen) atoms. The fourth-order valence-electron chi connectivity index (χ4n) is 4.69. The minimum Gasteiger partial charge on any atom is -0.356 e. The summed E-state index contributed by atoms with van der Waals surface area (Å²) in [5.74, 6) is 2.14. The predicted octanol–water partition coefficient (Wildman–Crippen LogP) is 3.03. The zero-order valence-corrected chi connectivity index (χ0v) is 18.7. The number of rotatable bonds is 3. The van der Waals surface area contributed by atoms with E-state index in [1.165, 1.54) is 5.56 Å². The van der Waals surface area contributed by atoms with Gasteiger partial charge >= 0.3 is 0 Å². The first-order valence-electron chi connectivity index (χ1n) is 10.5. The average Bonchev–Trinajstić information content (AvgIpc) is 3.40. The Morgan fingerprint density at radius 1 is 1.03 bits per heavy atom. The number of H-pyrrole nitrogens is 1. The van der Waals surface area contributed by atoms with Crippen LogP contribution in [0.2, 0.25) is 0 Å². The molecule has 160 valence electrons. The van der Waals surface area contributed by atoms with Gasteiger partial charge in [0.15, 0.2) is 0 Å². The molecule has 2 aliphatic rings. The highest BCUT2D eigenvalue weighted by Crippen LogP contribution is 2.36. The van der Waals surface area contributed by atoms with Crippen LogP contribution in [0.4, 0.5) is 5.82 Å². The fourth-order valence-corrected chi connectivity index (χ4v) is 5.61. The van der Waals surface area contributed by atoms with E-state index < -0.39 is 0 Å². The van der Waals surface area contributed by atoms with E-state index in [1.54, 1.807) is 24.3 Å². The molecule has 0 radical (unpaired) electrons. The zero-order chi connectivity index (χ0) is 21.7. The summed E-state index contributed by atoms with van der Waals surface area (Å²) >= 11 is 1.57. The van der Waals surface area contributed by atoms with Crippen molar-refractivity contribution in [2.45, 2.75) is 20.8 Å². The van der Waals surface area contributed by atoms with Gasteiger partial charge in [0.1, 0.15) is 17.3 Å². The Bertz CT molecular complexity index is 1190. The second-order valence-electron chi connectivity index (χ2n) is 8.60. The van der Waals surface area contributed by atoms with E-state index in [-0.39, 0.29) is 11.5 Å². The van der Waals surface area contributed by atoms with Crippen molar-refractivity contribution in [1.82, 2.24) is 19.9 Å². The smallest absolute Gasteiger partial charge is 0.274 e. The molecule has 8 heteroatoms. The molecule has 2 unspecified atom stereocenters. The van der Waals surface area contributed by atoms with Gasteiger partial charge in [-0.15, -0.1) is 11.3 Å². The maximum absolute atomic E-state index is 13.4. The number of nitrogens with zero attached hydrogens (tertiary/aromatic N) is 4. The van der Waals surface area contributed by atoms with Crippen molar-refractivity contribution >= 4 is 23.1 Å². The van der Waals surface area contributed by atoms with Crippen LogP contribution in [0.25, 0.3) is 10.4 Å². The first-order valence-corrected chi connectivity index (χ1v) is 11.4. The first kappa shape index (κ1) is 19.9. The number of nitrogens with one attached hydrogen (secondary N) is 1. The summed E-state index contributed by atoms with van der Waals surface area (Å²) in [7, 11) is 0. The van der Waals surface area contributed by atoms with E-state index in [0.717, 1.165) is 34.4 Å². The van der Waals surface area contributed by atoms with Crippen LogP contribution < -0.4 is 10.5 Å². The monoisotopic (exact) mass is 435 g/mol. The van der Waals surface area contributed by atoms with Gasteiger partial charge in [0.2, 0.25) is 0 Å². The molecule has 2 fully saturated rings. The molecule has 1 aromatic carbocycles. The Labute approximate surface area is 184 Å². The second-order valence-corrected chi connectivity index (χ2v) is 9.80. The number of likely N-dealkylation sites (tertiary alicyclic amines) is 1. The summed E-state index contributed by atoms with van der Waals surface area (Å²) < 4.78 is 0. The maximum atomic E-state index is 13.4. The lowest BCUT2D eigenvalue weighted by Crippen LogP contribution is -2.34. The molecule has 2 atom stereocenters. The van der Waals surface area contributed by atoms with Crippen LogP contribution in [-0.2, 0) is 0 Å². The number of aromatic amines is 1. The molecule has 4 heterocycles. The Morgan fingerprint density at radius 3 is 2.35 bits per heavy atom. The Kier molecular flexibility index (Phi) is 4.89. The van der Waals surface area contributed by atoms with Crippen LogP contribution >= 0.6 is 11.3 Å². The number of hydrogen-bond acceptors (Lipinski definition) is 6. The molecule has 5 rings (SSSR count). The molecule has 1 N–H and O–H groups in total. The maximum Gasteiger partial charge on any atom is 0.274 e. The van der Waals surface area contributed by atoms with Crippen molar-refractivity contribution < 1.29 is 4.79 Å². The van der Waals surface area contributed by atoms with E-state index in [2.05, 4.69) is 51.0 Å². The summed E-state index contributed by atoms with van der Waals surface area (Å²) in [6, 6.07) is 9.82. The van der Waals surface area contributed by atoms with Gasteiger partial charge < -0.3 is 14.8 Å². The van der Waals surface area contributed by atoms with Crippen molar-refractivity contribution in [3.05, 3.63) is 62.8 Å². The van der Waals surface area contributed by atoms with Gasteiger partial charge in [0.05, 0.1) is 9.88 Å². The molecule has 1 amide bonds. The van der Waals surface area contributed by atoms with Crippen LogP contribution in [-0.4, -0.2) is 51.9 Å². The summed E-state index contributed by atoms with van der Waals surface area (Å²) in [4.78, 5) is 42.0. The number of carbonyl (C=O) groups is 1. The van der Waals surface area contributed by atoms with Gasteiger partial charge in [-0.05, 0) is 26.3 Å². The number of fused-ring (bicyclic) bond motifs is 1. The lowest BCUT2D eigenvalue weighted by Gasteiger charge is -2.22. The van der Waals surface area contributed by atoms with Crippen molar-refractivity contribution in [3.8, 4) is 10.4 Å². The predicted molar refractivity (Wildman–Crippen MR) is 122 cm³/mol. The summed E-state index contributed by atoms with van der Waals surface area (Å²) in [6.07, 6.45) is 0. The standard InChI is InChI=1S/C23H25N5O2S/c1-13-4-6-16(7-5-13)22-21(26-15(3)31-22)23(30)28-11-17-9-27(10-18(17)12-28)19-8-20(29)25-14(2)24-19/h4-8,17-18H,9-12H2,1-3H3,(H,24,25,29). The molecule has 0 saturated carbocycles. The summed E-state index contributed by atoms with van der Waals surface area (Å²) in [5, 5.41) is 0.903. The van der Waals surface area contributed by atoms with Crippen molar-refractivity contribution in [3.63, 3.8) is 0 Å². The first-order chi connectivity index (χ1) is 14.9. The molecule has 0 spiro atoms. The molecular weight excluding hydrogens is 410 g/mol. The quantitative estimate of drug-likeness (QED) is 0.684. The van der Waals surface area contributed by atoms with Crippen molar-refractivity contribution in [1.29, 1.82) is 0 Å². The van der Waals surface area contributed by atoms with E-state index in [4.69, 9.17) is 0 Å². The highest BCUT2D eigenvalue weighted by molar-refractivity contribution is 7.15. The second kappa shape index (κ2) is 7.60. The van der Waals surface area contributed by atoms with Gasteiger partial charge in [-0.25, -0.2) is 9.97 Å². The third kappa shape index (κ3) is 3.76. The van der Waals surface area contributed by atoms with Crippen LogP contribution in [0.5, 0.6) is 0 Å². The molecular formula is C23H25N5O2S. The van der Waals surface area contributed by atoms with Gasteiger partial charge in [-0.1, -0.05) is 29.8 Å². The number of aryl methyl sites for hydroxylation is 3. The highest BCUT2D eigenvalue weighted by Gasteiger charge is 2.43. The number of carbonyl (C=O) groups excluding carboxylic acids is 1. The Morgan fingerprint density at radius 2 is 1.71 bits per heavy atom. The summed E-state index contributed by atoms with van der Waals surface area (Å²) in [5.41, 5.74) is 2.68. The number of anilines is 1. The SMILES string of the molecule is Cc1ccc(-c2sc(C)nc2C(=O)N2CC3CN(c4cc(=O)[nH]c(C)n4)CC3C2)cc1. The van der Waals surface area contributed by atoms with Gasteiger partial charge in [0.25, 0.3) is 11.5 Å². The average molecular weight is 436 g/mol. The third-order valence-electron chi connectivity index (χ3n) is 6.19. The lowest BCUT2D eigenvalue weighted by molar-refractivity contribution is 0.0778. The van der Waals surface area contributed by atoms with Crippen molar-refractivity contribution in [2.75, 3.05) is 31.1 Å². The molecule has 2 aromatic heterocycles. The van der Waals surface area contributed by atoms with Gasteiger partial charge in [-0.3, -0.25) is 9.59 Å². The zero-order valence-electron chi connectivity index (χ0n) is 17.9. The minimum absolute atomic E-state index is 0.0194. The molecule has 0 aliphatic carbocycles. The van der Waals surface area contributed by atoms with E-state index in [1.807, 2.05) is 11.8 Å². The van der Waals surface area contributed by atoms with E-state index >= 15 is 0 Å². The Balaban J connectivity index is 1.33. The van der Waals surface area contributed by atoms with Crippen LogP contribution in [0.15, 0.2) is 35.1 Å². The largest absolute Gasteiger partial charge is 0.356 e. The normalized spacial score (nSPS) is 20.4. The number of aromatic nitrogens is 3. The van der Waals surface area contributed by atoms with Crippen molar-refractivity contribution in [2.24, 2.45) is 11.8 Å². The molecule has 2 saturated heterocycles. The third-order valence-corrected chi connectivity index (χ3v) is 7.21. The van der Waals surface area contributed by atoms with Gasteiger partial charge in [0, 0.05) is 44.1 Å². The summed E-state index contributed by atoms with van der Waals surface area (Å²) in [6.45, 7) is 8.85. The van der Waals surface area contributed by atoms with Crippen LogP contribution in [0.1, 0.15) is 26.9 Å². The fraction of sp³-hybridized carbons (Fsp3) is 0.391. The van der Waals surface area contributed by atoms with Crippen LogP contribution in [0, 0.1) is 32.6 Å². The topological polar surface area (TPSA) is 82.2 Å². The highest BCUT2D eigenvalue weighted by atomic mass is 32.1. The van der Waals surface area contributed by atoms with Crippen LogP contribution in [0.3, 0.4) is 0 Å². The minimum atomic E-state index is -0.126. The number of hydrogen-bond donors (Lipinski definition) is 1. The molecule has 2 aliphatic heterocycles. The number of thiazole rings is 1. The van der Waals surface area contributed by atoms with Gasteiger partial charge in [-0.2, -0.15) is 0 Å². The Hall–Kier alpha value is -3.00. The number of amides is 1. The molecule has 0 bridgehead atoms. The molecule has 7 nitrogen and oxygen atoms in total. The van der Waals surface area contributed by atoms with E-state index in [0.29, 0.717) is 36.4 Å². The molecule has 3 aromatic rings. The number of benzene rings is 1.